The van der Waals surface area contributed by atoms with Crippen molar-refractivity contribution in [1.82, 2.24) is 4.90 Å². The van der Waals surface area contributed by atoms with E-state index in [1.807, 2.05) is 13.0 Å². The number of rotatable bonds is 3. The summed E-state index contributed by atoms with van der Waals surface area (Å²) in [5.41, 5.74) is -0.611. The Morgan fingerprint density at radius 3 is 2.50 bits per heavy atom. The molecule has 0 spiro atoms. The van der Waals surface area contributed by atoms with E-state index in [0.29, 0.717) is 0 Å². The molecular formula is C11H19NOS. The molecule has 80 valence electrons. The lowest BCUT2D eigenvalue weighted by atomic mass is 9.91. The Morgan fingerprint density at radius 2 is 2.07 bits per heavy atom. The van der Waals surface area contributed by atoms with Crippen LogP contribution in [0.1, 0.15) is 19.8 Å². The van der Waals surface area contributed by atoms with Crippen molar-refractivity contribution in [3.8, 4) is 0 Å². The Balaban J connectivity index is 2.68. The van der Waals surface area contributed by atoms with Gasteiger partial charge < -0.3 is 10.0 Å². The van der Waals surface area contributed by atoms with Gasteiger partial charge in [0.05, 0.1) is 5.60 Å². The van der Waals surface area contributed by atoms with E-state index in [-0.39, 0.29) is 0 Å². The molecule has 0 radical (unpaired) electrons. The third kappa shape index (κ3) is 2.62. The second-order valence-electron chi connectivity index (χ2n) is 3.77. The van der Waals surface area contributed by atoms with Crippen molar-refractivity contribution in [2.24, 2.45) is 0 Å². The number of hydrogen-bond acceptors (Lipinski definition) is 3. The van der Waals surface area contributed by atoms with Crippen LogP contribution in [0, 0.1) is 0 Å². The first-order chi connectivity index (χ1) is 6.62. The van der Waals surface area contributed by atoms with Gasteiger partial charge in [-0.3, -0.25) is 0 Å². The van der Waals surface area contributed by atoms with Crippen LogP contribution >= 0.6 is 11.8 Å². The van der Waals surface area contributed by atoms with E-state index in [4.69, 9.17) is 0 Å². The minimum Gasteiger partial charge on any atom is -0.385 e. The second-order valence-corrected chi connectivity index (χ2v) is 4.78. The van der Waals surface area contributed by atoms with Crippen LogP contribution in [0.15, 0.2) is 23.0 Å². The minimum atomic E-state index is -0.611. The number of nitrogens with zero attached hydrogens (tertiary/aromatic N) is 1. The summed E-state index contributed by atoms with van der Waals surface area (Å²) in [6.45, 7) is 7.59. The molecule has 0 aromatic heterocycles. The van der Waals surface area contributed by atoms with E-state index in [2.05, 4.69) is 18.5 Å². The Kier molecular flexibility index (Phi) is 4.23. The zero-order chi connectivity index (χ0) is 10.6. The Labute approximate surface area is 90.7 Å². The first-order valence-electron chi connectivity index (χ1n) is 4.97. The molecule has 0 unspecified atom stereocenters. The van der Waals surface area contributed by atoms with Crippen molar-refractivity contribution in [1.29, 1.82) is 0 Å². The molecule has 0 amide bonds. The van der Waals surface area contributed by atoms with Gasteiger partial charge in [0.25, 0.3) is 0 Å². The molecule has 1 rings (SSSR count). The largest absolute Gasteiger partial charge is 0.385 e. The maximum atomic E-state index is 10.4. The molecule has 14 heavy (non-hydrogen) atoms. The van der Waals surface area contributed by atoms with Gasteiger partial charge in [-0.05, 0) is 32.2 Å². The monoisotopic (exact) mass is 213 g/mol. The van der Waals surface area contributed by atoms with Crippen molar-refractivity contribution >= 4 is 11.8 Å². The summed E-state index contributed by atoms with van der Waals surface area (Å²) in [5, 5.41) is 12.2. The number of likely N-dealkylation sites (tertiary alicyclic amines) is 1. The molecule has 0 aromatic carbocycles. The first-order valence-corrected chi connectivity index (χ1v) is 5.85. The number of aliphatic hydroxyl groups is 1. The predicted octanol–water partition coefficient (Wildman–Crippen LogP) is 2.22. The third-order valence-corrected chi connectivity index (χ3v) is 3.78. The molecule has 3 heteroatoms. The molecule has 0 aromatic rings. The molecule has 0 saturated carbocycles. The number of allylic oxidation sites excluding steroid dienone is 1. The van der Waals surface area contributed by atoms with Gasteiger partial charge in [-0.1, -0.05) is 12.7 Å². The van der Waals surface area contributed by atoms with E-state index in [0.717, 1.165) is 30.8 Å². The molecule has 0 atom stereocenters. The lowest BCUT2D eigenvalue weighted by Crippen LogP contribution is -2.43. The molecular weight excluding hydrogens is 194 g/mol. The Hall–Kier alpha value is -0.250. The summed E-state index contributed by atoms with van der Waals surface area (Å²) in [7, 11) is 2.09. The smallest absolute Gasteiger partial charge is 0.0978 e. The van der Waals surface area contributed by atoms with Crippen LogP contribution in [0.5, 0.6) is 0 Å². The predicted molar refractivity (Wildman–Crippen MR) is 63.2 cm³/mol. The number of thioether (sulfide) groups is 1. The van der Waals surface area contributed by atoms with Gasteiger partial charge in [0.1, 0.15) is 0 Å². The summed E-state index contributed by atoms with van der Waals surface area (Å²) in [6, 6.07) is 0. The van der Waals surface area contributed by atoms with Gasteiger partial charge in [0, 0.05) is 18.0 Å². The fourth-order valence-electron chi connectivity index (χ4n) is 1.77. The standard InChI is InChI=1S/C11H19NOS/c1-4-10(14-5-2)11(13)6-8-12(3)9-7-11/h4-5,13H,2,6-9H2,1,3H3/b10-4-. The van der Waals surface area contributed by atoms with Crippen LogP contribution in [0.3, 0.4) is 0 Å². The molecule has 0 bridgehead atoms. The van der Waals surface area contributed by atoms with Crippen LogP contribution in [-0.4, -0.2) is 35.7 Å². The molecule has 1 heterocycles. The highest BCUT2D eigenvalue weighted by molar-refractivity contribution is 8.05. The molecule has 1 saturated heterocycles. The molecule has 1 fully saturated rings. The SMILES string of the molecule is C=CS/C(=C\C)C1(O)CCN(C)CC1. The highest BCUT2D eigenvalue weighted by atomic mass is 32.2. The lowest BCUT2D eigenvalue weighted by Gasteiger charge is -2.37. The van der Waals surface area contributed by atoms with Crippen molar-refractivity contribution < 1.29 is 5.11 Å². The van der Waals surface area contributed by atoms with Crippen LogP contribution in [0.25, 0.3) is 0 Å². The molecule has 1 aliphatic rings. The van der Waals surface area contributed by atoms with Crippen LogP contribution in [0.2, 0.25) is 0 Å². The van der Waals surface area contributed by atoms with Crippen molar-refractivity contribution in [2.45, 2.75) is 25.4 Å². The topological polar surface area (TPSA) is 23.5 Å². The van der Waals surface area contributed by atoms with E-state index in [1.165, 1.54) is 11.8 Å². The Morgan fingerprint density at radius 1 is 1.50 bits per heavy atom. The average molecular weight is 213 g/mol. The van der Waals surface area contributed by atoms with Gasteiger partial charge >= 0.3 is 0 Å². The molecule has 0 aliphatic carbocycles. The van der Waals surface area contributed by atoms with E-state index >= 15 is 0 Å². The fraction of sp³-hybridized carbons (Fsp3) is 0.636. The van der Waals surface area contributed by atoms with E-state index in [9.17, 15) is 5.11 Å². The summed E-state index contributed by atoms with van der Waals surface area (Å²) in [6.07, 6.45) is 3.64. The zero-order valence-electron chi connectivity index (χ0n) is 8.99. The lowest BCUT2D eigenvalue weighted by molar-refractivity contribution is 0.0233. The van der Waals surface area contributed by atoms with E-state index < -0.39 is 5.60 Å². The van der Waals surface area contributed by atoms with Crippen LogP contribution in [-0.2, 0) is 0 Å². The first kappa shape index (κ1) is 11.8. The van der Waals surface area contributed by atoms with Gasteiger partial charge in [0.2, 0.25) is 0 Å². The summed E-state index contributed by atoms with van der Waals surface area (Å²) >= 11 is 1.54. The second kappa shape index (κ2) is 5.01. The Bertz CT molecular complexity index is 229. The molecule has 2 nitrogen and oxygen atoms in total. The zero-order valence-corrected chi connectivity index (χ0v) is 9.81. The van der Waals surface area contributed by atoms with Crippen molar-refractivity contribution in [3.63, 3.8) is 0 Å². The highest BCUT2D eigenvalue weighted by Crippen LogP contribution is 2.36. The van der Waals surface area contributed by atoms with Gasteiger partial charge in [0.15, 0.2) is 0 Å². The van der Waals surface area contributed by atoms with Gasteiger partial charge in [-0.15, -0.1) is 11.8 Å². The summed E-state index contributed by atoms with van der Waals surface area (Å²) < 4.78 is 0. The third-order valence-electron chi connectivity index (χ3n) is 2.75. The van der Waals surface area contributed by atoms with Crippen LogP contribution < -0.4 is 0 Å². The molecule has 1 N–H and O–H groups in total. The fourth-order valence-corrected chi connectivity index (χ4v) is 2.51. The molecule has 1 aliphatic heterocycles. The summed E-state index contributed by atoms with van der Waals surface area (Å²) in [4.78, 5) is 3.29. The maximum Gasteiger partial charge on any atom is 0.0978 e. The number of piperidine rings is 1. The highest BCUT2D eigenvalue weighted by Gasteiger charge is 2.34. The van der Waals surface area contributed by atoms with Crippen molar-refractivity contribution in [3.05, 3.63) is 23.0 Å². The quantitative estimate of drug-likeness (QED) is 0.777. The number of hydrogen-bond donors (Lipinski definition) is 1. The van der Waals surface area contributed by atoms with E-state index in [1.54, 1.807) is 5.41 Å². The maximum absolute atomic E-state index is 10.4. The van der Waals surface area contributed by atoms with Crippen molar-refractivity contribution in [2.75, 3.05) is 20.1 Å². The van der Waals surface area contributed by atoms with Gasteiger partial charge in [-0.25, -0.2) is 0 Å². The van der Waals surface area contributed by atoms with Crippen LogP contribution in [0.4, 0.5) is 0 Å². The normalized spacial score (nSPS) is 23.5. The average Bonchev–Trinajstić information content (AvgIpc) is 2.19. The van der Waals surface area contributed by atoms with Gasteiger partial charge in [-0.2, -0.15) is 0 Å². The summed E-state index contributed by atoms with van der Waals surface area (Å²) in [5.74, 6) is 0. The minimum absolute atomic E-state index is 0.611.